The minimum atomic E-state index is -0.0933. The molecule has 1 atom stereocenters. The van der Waals surface area contributed by atoms with Crippen molar-refractivity contribution in [3.05, 3.63) is 28.2 Å². The van der Waals surface area contributed by atoms with Gasteiger partial charge in [-0.15, -0.1) is 0 Å². The van der Waals surface area contributed by atoms with E-state index in [1.807, 2.05) is 32.2 Å². The van der Waals surface area contributed by atoms with Crippen LogP contribution in [0.4, 0.5) is 0 Å². The van der Waals surface area contributed by atoms with Crippen molar-refractivity contribution in [3.8, 4) is 5.75 Å². The number of nitrogens with one attached hydrogen (secondary N) is 2. The number of ether oxygens (including phenoxy) is 1. The minimum Gasteiger partial charge on any atom is -0.484 e. The molecule has 0 saturated heterocycles. The molecule has 0 fully saturated rings. The molecule has 5 heteroatoms. The molecule has 0 heterocycles. The summed E-state index contributed by atoms with van der Waals surface area (Å²) >= 11 is 3.49. The number of hydrogen-bond donors (Lipinski definition) is 2. The van der Waals surface area contributed by atoms with Gasteiger partial charge in [-0.05, 0) is 43.7 Å². The first kappa shape index (κ1) is 17.0. The van der Waals surface area contributed by atoms with E-state index in [0.29, 0.717) is 11.7 Å². The van der Waals surface area contributed by atoms with E-state index >= 15 is 0 Å². The molecule has 0 aliphatic rings. The SMILES string of the molecule is CNCc1cc(OCC(=O)NC(C)C(C)C)ccc1Br. The van der Waals surface area contributed by atoms with Crippen molar-refractivity contribution in [2.24, 2.45) is 5.92 Å². The summed E-state index contributed by atoms with van der Waals surface area (Å²) in [6.07, 6.45) is 0. The lowest BCUT2D eigenvalue weighted by Gasteiger charge is -2.17. The van der Waals surface area contributed by atoms with Crippen molar-refractivity contribution < 1.29 is 9.53 Å². The van der Waals surface area contributed by atoms with Gasteiger partial charge in [-0.2, -0.15) is 0 Å². The molecule has 0 aromatic heterocycles. The first-order valence-electron chi connectivity index (χ1n) is 6.79. The highest BCUT2D eigenvalue weighted by molar-refractivity contribution is 9.10. The van der Waals surface area contributed by atoms with E-state index in [1.54, 1.807) is 0 Å². The van der Waals surface area contributed by atoms with E-state index in [4.69, 9.17) is 4.74 Å². The van der Waals surface area contributed by atoms with Crippen LogP contribution in [-0.4, -0.2) is 25.6 Å². The quantitative estimate of drug-likeness (QED) is 0.800. The van der Waals surface area contributed by atoms with Crippen molar-refractivity contribution in [1.29, 1.82) is 0 Å². The smallest absolute Gasteiger partial charge is 0.258 e. The molecule has 112 valence electrons. The monoisotopic (exact) mass is 342 g/mol. The first-order chi connectivity index (χ1) is 9.43. The second kappa shape index (κ2) is 8.27. The van der Waals surface area contributed by atoms with Crippen LogP contribution in [0.2, 0.25) is 0 Å². The predicted molar refractivity (Wildman–Crippen MR) is 84.8 cm³/mol. The van der Waals surface area contributed by atoms with Crippen molar-refractivity contribution in [1.82, 2.24) is 10.6 Å². The Morgan fingerprint density at radius 3 is 2.65 bits per heavy atom. The zero-order chi connectivity index (χ0) is 15.1. The zero-order valence-electron chi connectivity index (χ0n) is 12.5. The Kier molecular flexibility index (Phi) is 7.02. The first-order valence-corrected chi connectivity index (χ1v) is 7.58. The van der Waals surface area contributed by atoms with Gasteiger partial charge in [0.15, 0.2) is 6.61 Å². The van der Waals surface area contributed by atoms with E-state index in [2.05, 4.69) is 40.4 Å². The highest BCUT2D eigenvalue weighted by Crippen LogP contribution is 2.22. The van der Waals surface area contributed by atoms with Gasteiger partial charge in [0.1, 0.15) is 5.75 Å². The molecule has 1 unspecified atom stereocenters. The fourth-order valence-electron chi connectivity index (χ4n) is 1.58. The van der Waals surface area contributed by atoms with Crippen molar-refractivity contribution in [2.45, 2.75) is 33.4 Å². The molecule has 1 aromatic carbocycles. The largest absolute Gasteiger partial charge is 0.484 e. The molecule has 0 spiro atoms. The van der Waals surface area contributed by atoms with Crippen LogP contribution in [0, 0.1) is 5.92 Å². The molecular formula is C15H23BrN2O2. The Balaban J connectivity index is 2.53. The van der Waals surface area contributed by atoms with Gasteiger partial charge in [-0.1, -0.05) is 29.8 Å². The lowest BCUT2D eigenvalue weighted by Crippen LogP contribution is -2.38. The second-order valence-corrected chi connectivity index (χ2v) is 6.03. The highest BCUT2D eigenvalue weighted by atomic mass is 79.9. The summed E-state index contributed by atoms with van der Waals surface area (Å²) in [6.45, 7) is 6.92. The molecule has 1 aromatic rings. The standard InChI is InChI=1S/C15H23BrN2O2/c1-10(2)11(3)18-15(19)9-20-13-5-6-14(16)12(7-13)8-17-4/h5-7,10-11,17H,8-9H2,1-4H3,(H,18,19). The lowest BCUT2D eigenvalue weighted by atomic mass is 10.1. The summed E-state index contributed by atoms with van der Waals surface area (Å²) in [5.41, 5.74) is 1.10. The van der Waals surface area contributed by atoms with Gasteiger partial charge >= 0.3 is 0 Å². The van der Waals surface area contributed by atoms with Crippen molar-refractivity contribution >= 4 is 21.8 Å². The van der Waals surface area contributed by atoms with Crippen LogP contribution in [0.3, 0.4) is 0 Å². The van der Waals surface area contributed by atoms with Crippen LogP contribution in [0.1, 0.15) is 26.3 Å². The van der Waals surface area contributed by atoms with Crippen molar-refractivity contribution in [3.63, 3.8) is 0 Å². The Morgan fingerprint density at radius 1 is 1.35 bits per heavy atom. The minimum absolute atomic E-state index is 0.0394. The van der Waals surface area contributed by atoms with Crippen LogP contribution in [0.25, 0.3) is 0 Å². The molecule has 2 N–H and O–H groups in total. The van der Waals surface area contributed by atoms with Gasteiger partial charge in [0, 0.05) is 17.1 Å². The third-order valence-corrected chi connectivity index (χ3v) is 3.92. The number of hydrogen-bond acceptors (Lipinski definition) is 3. The third-order valence-electron chi connectivity index (χ3n) is 3.14. The van der Waals surface area contributed by atoms with Gasteiger partial charge in [-0.25, -0.2) is 0 Å². The van der Waals surface area contributed by atoms with E-state index in [1.165, 1.54) is 0 Å². The highest BCUT2D eigenvalue weighted by Gasteiger charge is 2.11. The molecule has 0 bridgehead atoms. The molecule has 0 aliphatic heterocycles. The number of amides is 1. The normalized spacial score (nSPS) is 12.3. The molecule has 4 nitrogen and oxygen atoms in total. The van der Waals surface area contributed by atoms with Gasteiger partial charge in [0.05, 0.1) is 0 Å². The molecule has 1 rings (SSSR count). The summed E-state index contributed by atoms with van der Waals surface area (Å²) in [6, 6.07) is 5.86. The fraction of sp³-hybridized carbons (Fsp3) is 0.533. The Bertz CT molecular complexity index is 449. The summed E-state index contributed by atoms with van der Waals surface area (Å²) < 4.78 is 6.55. The van der Waals surface area contributed by atoms with Gasteiger partial charge < -0.3 is 15.4 Å². The fourth-order valence-corrected chi connectivity index (χ4v) is 1.96. The van der Waals surface area contributed by atoms with E-state index in [-0.39, 0.29) is 18.6 Å². The maximum absolute atomic E-state index is 11.8. The Morgan fingerprint density at radius 2 is 2.05 bits per heavy atom. The number of rotatable bonds is 7. The van der Waals surface area contributed by atoms with Crippen LogP contribution in [0.15, 0.2) is 22.7 Å². The number of benzene rings is 1. The molecule has 1 amide bonds. The maximum Gasteiger partial charge on any atom is 0.258 e. The number of carbonyl (C=O) groups excluding carboxylic acids is 1. The average molecular weight is 343 g/mol. The summed E-state index contributed by atoms with van der Waals surface area (Å²) in [5, 5.41) is 6.01. The molecule has 0 radical (unpaired) electrons. The van der Waals surface area contributed by atoms with E-state index in [0.717, 1.165) is 16.6 Å². The van der Waals surface area contributed by atoms with Gasteiger partial charge in [0.2, 0.25) is 0 Å². The number of carbonyl (C=O) groups is 1. The maximum atomic E-state index is 11.8. The molecule has 0 aliphatic carbocycles. The third kappa shape index (κ3) is 5.51. The Hall–Kier alpha value is -1.07. The van der Waals surface area contributed by atoms with E-state index < -0.39 is 0 Å². The van der Waals surface area contributed by atoms with Crippen LogP contribution in [-0.2, 0) is 11.3 Å². The molecular weight excluding hydrogens is 320 g/mol. The number of halogens is 1. The second-order valence-electron chi connectivity index (χ2n) is 5.17. The molecule has 0 saturated carbocycles. The Labute approximate surface area is 129 Å². The predicted octanol–water partition coefficient (Wildman–Crippen LogP) is 2.71. The zero-order valence-corrected chi connectivity index (χ0v) is 14.1. The van der Waals surface area contributed by atoms with E-state index in [9.17, 15) is 4.79 Å². The molecule has 20 heavy (non-hydrogen) atoms. The van der Waals surface area contributed by atoms with Crippen LogP contribution >= 0.6 is 15.9 Å². The van der Waals surface area contributed by atoms with Crippen molar-refractivity contribution in [2.75, 3.05) is 13.7 Å². The summed E-state index contributed by atoms with van der Waals surface area (Å²) in [4.78, 5) is 11.8. The lowest BCUT2D eigenvalue weighted by molar-refractivity contribution is -0.124. The van der Waals surface area contributed by atoms with Crippen LogP contribution < -0.4 is 15.4 Å². The topological polar surface area (TPSA) is 50.4 Å². The van der Waals surface area contributed by atoms with Gasteiger partial charge in [0.25, 0.3) is 5.91 Å². The van der Waals surface area contributed by atoms with Gasteiger partial charge in [-0.3, -0.25) is 4.79 Å². The van der Waals surface area contributed by atoms with Crippen LogP contribution in [0.5, 0.6) is 5.75 Å². The summed E-state index contributed by atoms with van der Waals surface area (Å²) in [5.74, 6) is 1.02. The average Bonchev–Trinajstić information content (AvgIpc) is 2.39. The summed E-state index contributed by atoms with van der Waals surface area (Å²) in [7, 11) is 1.89.